The molecule has 0 radical (unpaired) electrons. The molecule has 1 aromatic heterocycles. The summed E-state index contributed by atoms with van der Waals surface area (Å²) in [5.41, 5.74) is 1.19. The van der Waals surface area contributed by atoms with Crippen LogP contribution >= 0.6 is 0 Å². The van der Waals surface area contributed by atoms with Gasteiger partial charge in [-0.1, -0.05) is 32.9 Å². The van der Waals surface area contributed by atoms with Gasteiger partial charge in [0.05, 0.1) is 0 Å². The van der Waals surface area contributed by atoms with Crippen LogP contribution in [0.15, 0.2) is 24.3 Å². The van der Waals surface area contributed by atoms with Crippen molar-refractivity contribution in [2.75, 3.05) is 19.6 Å². The summed E-state index contributed by atoms with van der Waals surface area (Å²) in [6.07, 6.45) is 2.23. The van der Waals surface area contributed by atoms with Gasteiger partial charge in [-0.25, -0.2) is 4.39 Å². The van der Waals surface area contributed by atoms with Crippen molar-refractivity contribution >= 4 is 5.91 Å². The first kappa shape index (κ1) is 20.0. The minimum atomic E-state index is -0.283. The summed E-state index contributed by atoms with van der Waals surface area (Å²) in [6, 6.07) is 6.13. The molecule has 0 aliphatic carbocycles. The van der Waals surface area contributed by atoms with Gasteiger partial charge in [0.1, 0.15) is 11.6 Å². The van der Waals surface area contributed by atoms with Crippen LogP contribution in [0.2, 0.25) is 0 Å². The Hall–Kier alpha value is -2.28. The first-order valence-electron chi connectivity index (χ1n) is 10.5. The number of amides is 1. The molecule has 0 unspecified atom stereocenters. The summed E-state index contributed by atoms with van der Waals surface area (Å²) in [6.45, 7) is 11.2. The van der Waals surface area contributed by atoms with Gasteiger partial charge in [-0.2, -0.15) is 0 Å². The molecule has 7 heteroatoms. The minimum absolute atomic E-state index is 0.228. The zero-order chi connectivity index (χ0) is 20.6. The normalized spacial score (nSPS) is 21.7. The van der Waals surface area contributed by atoms with Crippen LogP contribution in [0.5, 0.6) is 0 Å². The van der Waals surface area contributed by atoms with Gasteiger partial charge in [0.15, 0.2) is 0 Å². The minimum Gasteiger partial charge on any atom is -0.345 e. The molecule has 2 aliphatic rings. The van der Waals surface area contributed by atoms with Gasteiger partial charge in [0.2, 0.25) is 5.82 Å². The highest BCUT2D eigenvalue weighted by Gasteiger charge is 2.40. The number of likely N-dealkylation sites (tertiary alicyclic amines) is 1. The van der Waals surface area contributed by atoms with Gasteiger partial charge in [-0.05, 0) is 48.4 Å². The third kappa shape index (κ3) is 4.50. The summed E-state index contributed by atoms with van der Waals surface area (Å²) in [4.78, 5) is 15.2. The van der Waals surface area contributed by atoms with Crippen LogP contribution in [0, 0.1) is 17.2 Å². The van der Waals surface area contributed by atoms with Gasteiger partial charge < -0.3 is 14.8 Å². The molecular weight excluding hydrogens is 369 g/mol. The number of halogens is 1. The Morgan fingerprint density at radius 2 is 1.97 bits per heavy atom. The van der Waals surface area contributed by atoms with E-state index in [0.29, 0.717) is 29.6 Å². The molecule has 1 amide bonds. The van der Waals surface area contributed by atoms with Crippen LogP contribution in [0.25, 0.3) is 0 Å². The number of nitrogens with zero attached hydrogens (tertiary/aromatic N) is 4. The van der Waals surface area contributed by atoms with E-state index in [1.807, 2.05) is 4.57 Å². The topological polar surface area (TPSA) is 63.1 Å². The van der Waals surface area contributed by atoms with Crippen LogP contribution in [0.3, 0.4) is 0 Å². The number of carbonyl (C=O) groups is 1. The number of aromatic nitrogens is 3. The molecule has 4 rings (SSSR count). The Balaban J connectivity index is 1.40. The quantitative estimate of drug-likeness (QED) is 0.839. The number of benzene rings is 1. The van der Waals surface area contributed by atoms with Gasteiger partial charge >= 0.3 is 0 Å². The number of carbonyl (C=O) groups excluding carboxylic acids is 1. The zero-order valence-electron chi connectivity index (χ0n) is 17.5. The molecule has 3 heterocycles. The van der Waals surface area contributed by atoms with E-state index in [4.69, 9.17) is 0 Å². The summed E-state index contributed by atoms with van der Waals surface area (Å²) in [5, 5.41) is 11.5. The van der Waals surface area contributed by atoms with Gasteiger partial charge in [0.25, 0.3) is 5.91 Å². The smallest absolute Gasteiger partial charge is 0.289 e. The molecule has 0 spiro atoms. The summed E-state index contributed by atoms with van der Waals surface area (Å²) >= 11 is 0. The fraction of sp³-hybridized carbons (Fsp3) is 0.591. The fourth-order valence-corrected chi connectivity index (χ4v) is 4.36. The molecule has 1 fully saturated rings. The third-order valence-corrected chi connectivity index (χ3v) is 6.10. The third-order valence-electron chi connectivity index (χ3n) is 6.10. The van der Waals surface area contributed by atoms with Crippen molar-refractivity contribution in [1.29, 1.82) is 0 Å². The second-order valence-corrected chi connectivity index (χ2v) is 9.57. The lowest BCUT2D eigenvalue weighted by Gasteiger charge is -2.25. The van der Waals surface area contributed by atoms with Crippen molar-refractivity contribution in [1.82, 2.24) is 25.0 Å². The van der Waals surface area contributed by atoms with Gasteiger partial charge in [-0.3, -0.25) is 4.79 Å². The highest BCUT2D eigenvalue weighted by atomic mass is 19.1. The lowest BCUT2D eigenvalue weighted by Crippen LogP contribution is -2.30. The molecule has 2 atom stereocenters. The molecule has 156 valence electrons. The van der Waals surface area contributed by atoms with Crippen molar-refractivity contribution in [3.05, 3.63) is 47.3 Å². The highest BCUT2D eigenvalue weighted by Crippen LogP contribution is 2.38. The second-order valence-electron chi connectivity index (χ2n) is 9.57. The molecule has 0 saturated carbocycles. The predicted molar refractivity (Wildman–Crippen MR) is 109 cm³/mol. The van der Waals surface area contributed by atoms with Crippen molar-refractivity contribution in [2.24, 2.45) is 11.3 Å². The van der Waals surface area contributed by atoms with E-state index in [0.717, 1.165) is 44.0 Å². The van der Waals surface area contributed by atoms with Crippen molar-refractivity contribution in [2.45, 2.75) is 52.6 Å². The number of hydrogen-bond acceptors (Lipinski definition) is 4. The fourth-order valence-electron chi connectivity index (χ4n) is 4.36. The van der Waals surface area contributed by atoms with Gasteiger partial charge in [-0.15, -0.1) is 10.2 Å². The molecule has 1 saturated heterocycles. The zero-order valence-corrected chi connectivity index (χ0v) is 17.5. The molecule has 2 aliphatic heterocycles. The van der Waals surface area contributed by atoms with E-state index in [9.17, 15) is 9.18 Å². The molecular formula is C22H30FN5O. The average Bonchev–Trinajstić information content (AvgIpc) is 3.28. The summed E-state index contributed by atoms with van der Waals surface area (Å²) in [5.74, 6) is 1.78. The van der Waals surface area contributed by atoms with E-state index in [1.165, 1.54) is 18.6 Å². The number of rotatable bonds is 5. The van der Waals surface area contributed by atoms with Crippen molar-refractivity contribution in [3.63, 3.8) is 0 Å². The predicted octanol–water partition coefficient (Wildman–Crippen LogP) is 3.20. The van der Waals surface area contributed by atoms with Crippen LogP contribution in [-0.4, -0.2) is 45.2 Å². The summed E-state index contributed by atoms with van der Waals surface area (Å²) < 4.78 is 15.0. The highest BCUT2D eigenvalue weighted by molar-refractivity contribution is 5.90. The molecule has 1 N–H and O–H groups in total. The molecule has 1 aromatic carbocycles. The van der Waals surface area contributed by atoms with E-state index in [1.54, 1.807) is 12.1 Å². The van der Waals surface area contributed by atoms with E-state index >= 15 is 0 Å². The van der Waals surface area contributed by atoms with E-state index < -0.39 is 0 Å². The lowest BCUT2D eigenvalue weighted by atomic mass is 9.89. The van der Waals surface area contributed by atoms with Crippen molar-refractivity contribution < 1.29 is 9.18 Å². The maximum atomic E-state index is 13.0. The maximum absolute atomic E-state index is 13.0. The summed E-state index contributed by atoms with van der Waals surface area (Å²) in [7, 11) is 0. The Labute approximate surface area is 171 Å². The maximum Gasteiger partial charge on any atom is 0.289 e. The Bertz CT molecular complexity index is 870. The monoisotopic (exact) mass is 399 g/mol. The SMILES string of the molecule is CC(C)(C)CCN1C[C@H]2CCn3c(C(=O)NCc4ccc(F)cc4)nnc3[C@H]2C1. The van der Waals surface area contributed by atoms with Crippen LogP contribution in [0.4, 0.5) is 4.39 Å². The largest absolute Gasteiger partial charge is 0.345 e. The molecule has 29 heavy (non-hydrogen) atoms. The Kier molecular flexibility index (Phi) is 5.42. The lowest BCUT2D eigenvalue weighted by molar-refractivity contribution is 0.0933. The van der Waals surface area contributed by atoms with Gasteiger partial charge in [0, 0.05) is 32.1 Å². The van der Waals surface area contributed by atoms with E-state index in [-0.39, 0.29) is 11.7 Å². The second kappa shape index (κ2) is 7.86. The average molecular weight is 400 g/mol. The molecule has 0 bridgehead atoms. The standard InChI is InChI=1S/C22H30FN5O/c1-22(2,3)9-11-27-13-16-8-10-28-19(18(16)14-27)25-26-20(28)21(29)24-12-15-4-6-17(23)7-5-15/h4-7,16,18H,8-14H2,1-3H3,(H,24,29)/t16-,18+/m1/s1. The first-order valence-corrected chi connectivity index (χ1v) is 10.5. The van der Waals surface area contributed by atoms with E-state index in [2.05, 4.69) is 41.2 Å². The molecule has 6 nitrogen and oxygen atoms in total. The van der Waals surface area contributed by atoms with Crippen molar-refractivity contribution in [3.8, 4) is 0 Å². The first-order chi connectivity index (χ1) is 13.8. The number of nitrogens with one attached hydrogen (secondary N) is 1. The Morgan fingerprint density at radius 3 is 2.69 bits per heavy atom. The van der Waals surface area contributed by atoms with Crippen LogP contribution < -0.4 is 5.32 Å². The van der Waals surface area contributed by atoms with Crippen LogP contribution in [0.1, 0.15) is 61.5 Å². The molecule has 2 aromatic rings. The Morgan fingerprint density at radius 1 is 1.21 bits per heavy atom. The number of fused-ring (bicyclic) bond motifs is 3. The number of hydrogen-bond donors (Lipinski definition) is 1. The van der Waals surface area contributed by atoms with Crippen LogP contribution in [-0.2, 0) is 13.1 Å².